The van der Waals surface area contributed by atoms with Gasteiger partial charge in [-0.2, -0.15) is 0 Å². The minimum atomic E-state index is -1.12. The van der Waals surface area contributed by atoms with Crippen molar-refractivity contribution in [1.29, 1.82) is 0 Å². The maximum atomic E-state index is 12.6. The van der Waals surface area contributed by atoms with E-state index in [1.807, 2.05) is 43.7 Å². The van der Waals surface area contributed by atoms with Crippen molar-refractivity contribution in [2.24, 2.45) is 0 Å². The molecule has 3 aromatic rings. The number of hydrogen-bond donors (Lipinski definition) is 1. The minimum Gasteiger partial charge on any atom is -0.456 e. The van der Waals surface area contributed by atoms with Crippen molar-refractivity contribution < 1.29 is 19.0 Å². The normalized spacial score (nSPS) is 12.2. The molecule has 0 aliphatic heterocycles. The van der Waals surface area contributed by atoms with Gasteiger partial charge in [0.25, 0.3) is 0 Å². The first-order valence-corrected chi connectivity index (χ1v) is 14.5. The zero-order chi connectivity index (χ0) is 23.5. The fraction of sp³-hybridized carbons (Fsp3) is 0.417. The fourth-order valence-corrected chi connectivity index (χ4v) is 3.77. The van der Waals surface area contributed by atoms with Crippen LogP contribution in [0.2, 0.25) is 25.7 Å². The number of fused-ring (bicyclic) bond motifs is 1. The molecule has 0 amide bonds. The second-order valence-electron chi connectivity index (χ2n) is 10.1. The highest BCUT2D eigenvalue weighted by Gasteiger charge is 2.22. The molecular weight excluding hydrogens is 422 g/mol. The molecule has 0 saturated carbocycles. The van der Waals surface area contributed by atoms with E-state index in [1.54, 1.807) is 24.4 Å². The summed E-state index contributed by atoms with van der Waals surface area (Å²) < 4.78 is 19.3. The first-order valence-electron chi connectivity index (χ1n) is 10.7. The van der Waals surface area contributed by atoms with E-state index in [2.05, 4.69) is 24.6 Å². The van der Waals surface area contributed by atoms with Gasteiger partial charge in [0.2, 0.25) is 0 Å². The minimum absolute atomic E-state index is 0.308. The van der Waals surface area contributed by atoms with Crippen LogP contribution in [-0.4, -0.2) is 35.8 Å². The molecule has 3 rings (SSSR count). The Morgan fingerprint density at radius 2 is 1.91 bits per heavy atom. The van der Waals surface area contributed by atoms with Crippen LogP contribution < -0.4 is 10.5 Å². The molecule has 0 atom stereocenters. The lowest BCUT2D eigenvalue weighted by molar-refractivity contribution is 0.00672. The Morgan fingerprint density at radius 1 is 1.16 bits per heavy atom. The molecule has 0 saturated heterocycles. The van der Waals surface area contributed by atoms with Crippen LogP contribution in [-0.2, 0) is 16.2 Å². The summed E-state index contributed by atoms with van der Waals surface area (Å²) in [4.78, 5) is 17.2. The van der Waals surface area contributed by atoms with Gasteiger partial charge in [-0.15, -0.1) is 0 Å². The van der Waals surface area contributed by atoms with Gasteiger partial charge in [-0.25, -0.2) is 9.78 Å². The summed E-state index contributed by atoms with van der Waals surface area (Å²) in [6, 6.07) is 9.84. The first-order chi connectivity index (χ1) is 14.9. The second-order valence-corrected chi connectivity index (χ2v) is 15.7. The molecule has 2 aromatic heterocycles. The quantitative estimate of drug-likeness (QED) is 0.203. The van der Waals surface area contributed by atoms with Gasteiger partial charge in [0.1, 0.15) is 35.0 Å². The number of nitrogens with zero attached hydrogens (tertiary/aromatic N) is 2. The zero-order valence-corrected chi connectivity index (χ0v) is 20.8. The lowest BCUT2D eigenvalue weighted by Crippen LogP contribution is -2.24. The van der Waals surface area contributed by atoms with Crippen molar-refractivity contribution in [3.63, 3.8) is 0 Å². The topological polar surface area (TPSA) is 88.6 Å². The Bertz CT molecular complexity index is 1100. The van der Waals surface area contributed by atoms with E-state index in [4.69, 9.17) is 19.9 Å². The molecule has 7 nitrogen and oxygen atoms in total. The van der Waals surface area contributed by atoms with Crippen LogP contribution in [0.15, 0.2) is 42.7 Å². The molecule has 1 aromatic carbocycles. The van der Waals surface area contributed by atoms with Crippen LogP contribution in [0.3, 0.4) is 0 Å². The average molecular weight is 456 g/mol. The third-order valence-electron chi connectivity index (χ3n) is 4.66. The molecule has 0 aliphatic rings. The van der Waals surface area contributed by atoms with Crippen LogP contribution in [0, 0.1) is 0 Å². The first kappa shape index (κ1) is 23.8. The van der Waals surface area contributed by atoms with E-state index < -0.39 is 19.6 Å². The van der Waals surface area contributed by atoms with Crippen LogP contribution in [0.4, 0.5) is 5.69 Å². The highest BCUT2D eigenvalue weighted by Crippen LogP contribution is 2.30. The van der Waals surface area contributed by atoms with Crippen LogP contribution >= 0.6 is 0 Å². The van der Waals surface area contributed by atoms with E-state index in [0.29, 0.717) is 29.5 Å². The standard InChI is InChI=1S/C24H33N3O4Si/c1-24(2,3)31-23(28)20-8-7-18(25)14-21(20)30-19-13-17-9-10-27(22(17)26-15-19)16-29-11-12-32(4,5)6/h7-10,13-15H,11-12,16,25H2,1-6H3. The maximum Gasteiger partial charge on any atom is 0.342 e. The average Bonchev–Trinajstić information content (AvgIpc) is 3.05. The van der Waals surface area contributed by atoms with Gasteiger partial charge in [0.15, 0.2) is 0 Å². The molecule has 2 heterocycles. The van der Waals surface area contributed by atoms with Crippen LogP contribution in [0.5, 0.6) is 11.5 Å². The Kier molecular flexibility index (Phi) is 6.95. The molecule has 0 aliphatic carbocycles. The summed E-state index contributed by atoms with van der Waals surface area (Å²) in [5.41, 5.74) is 6.92. The number of nitrogen functional groups attached to an aromatic ring is 1. The Balaban J connectivity index is 1.76. The SMILES string of the molecule is CC(C)(C)OC(=O)c1ccc(N)cc1Oc1cnc2c(ccn2COCC[Si](C)(C)C)c1. The number of anilines is 1. The number of pyridine rings is 1. The lowest BCUT2D eigenvalue weighted by Gasteiger charge is -2.20. The fourth-order valence-electron chi connectivity index (χ4n) is 3.01. The van der Waals surface area contributed by atoms with Crippen molar-refractivity contribution in [1.82, 2.24) is 9.55 Å². The number of esters is 1. The van der Waals surface area contributed by atoms with Gasteiger partial charge in [-0.1, -0.05) is 19.6 Å². The van der Waals surface area contributed by atoms with Crippen molar-refractivity contribution >= 4 is 30.8 Å². The summed E-state index contributed by atoms with van der Waals surface area (Å²) in [5.74, 6) is 0.364. The lowest BCUT2D eigenvalue weighted by atomic mass is 10.1. The molecule has 2 N–H and O–H groups in total. The molecule has 8 heteroatoms. The molecule has 0 bridgehead atoms. The van der Waals surface area contributed by atoms with E-state index in [1.165, 1.54) is 0 Å². The number of carbonyl (C=O) groups excluding carboxylic acids is 1. The second kappa shape index (κ2) is 9.34. The van der Waals surface area contributed by atoms with E-state index in [0.717, 1.165) is 23.7 Å². The molecule has 32 heavy (non-hydrogen) atoms. The van der Waals surface area contributed by atoms with Gasteiger partial charge >= 0.3 is 5.97 Å². The zero-order valence-electron chi connectivity index (χ0n) is 19.8. The molecule has 0 spiro atoms. The van der Waals surface area contributed by atoms with E-state index in [-0.39, 0.29) is 0 Å². The monoisotopic (exact) mass is 455 g/mol. The molecule has 0 radical (unpaired) electrons. The van der Waals surface area contributed by atoms with Crippen molar-refractivity contribution in [2.45, 2.75) is 58.8 Å². The highest BCUT2D eigenvalue weighted by molar-refractivity contribution is 6.76. The summed E-state index contributed by atoms with van der Waals surface area (Å²) in [6.07, 6.45) is 3.57. The third-order valence-corrected chi connectivity index (χ3v) is 6.36. The summed E-state index contributed by atoms with van der Waals surface area (Å²) in [7, 11) is -1.12. The Labute approximate surface area is 190 Å². The number of ether oxygens (including phenoxy) is 3. The van der Waals surface area contributed by atoms with Crippen molar-refractivity contribution in [3.05, 3.63) is 48.3 Å². The van der Waals surface area contributed by atoms with Gasteiger partial charge in [0, 0.05) is 38.0 Å². The number of aromatic nitrogens is 2. The maximum absolute atomic E-state index is 12.6. The van der Waals surface area contributed by atoms with Crippen molar-refractivity contribution in [3.8, 4) is 11.5 Å². The van der Waals surface area contributed by atoms with Gasteiger partial charge in [-0.05, 0) is 51.1 Å². The largest absolute Gasteiger partial charge is 0.456 e. The predicted octanol–water partition coefficient (Wildman–Crippen LogP) is 5.68. The third kappa shape index (κ3) is 6.58. The molecule has 172 valence electrons. The number of carbonyl (C=O) groups is 1. The summed E-state index contributed by atoms with van der Waals surface area (Å²) in [5, 5.41) is 0.916. The number of hydrogen-bond acceptors (Lipinski definition) is 6. The van der Waals surface area contributed by atoms with Crippen LogP contribution in [0.1, 0.15) is 31.1 Å². The molecular formula is C24H33N3O4Si. The number of benzene rings is 1. The van der Waals surface area contributed by atoms with Crippen molar-refractivity contribution in [2.75, 3.05) is 12.3 Å². The smallest absolute Gasteiger partial charge is 0.342 e. The number of rotatable bonds is 8. The Hall–Kier alpha value is -2.84. The number of nitrogens with two attached hydrogens (primary N) is 1. The van der Waals surface area contributed by atoms with Gasteiger partial charge < -0.3 is 24.5 Å². The molecule has 0 unspecified atom stereocenters. The van der Waals surface area contributed by atoms with Crippen LogP contribution in [0.25, 0.3) is 11.0 Å². The molecule has 0 fully saturated rings. The van der Waals surface area contributed by atoms with Gasteiger partial charge in [0.05, 0.1) is 6.20 Å². The Morgan fingerprint density at radius 3 is 2.59 bits per heavy atom. The van der Waals surface area contributed by atoms with E-state index in [9.17, 15) is 4.79 Å². The van der Waals surface area contributed by atoms with Gasteiger partial charge in [-0.3, -0.25) is 0 Å². The summed E-state index contributed by atoms with van der Waals surface area (Å²) in [6.45, 7) is 13.7. The predicted molar refractivity (Wildman–Crippen MR) is 130 cm³/mol. The summed E-state index contributed by atoms with van der Waals surface area (Å²) >= 11 is 0. The highest BCUT2D eigenvalue weighted by atomic mass is 28.3. The van der Waals surface area contributed by atoms with E-state index >= 15 is 0 Å².